The molecule has 7 heteroatoms. The number of halogens is 2. The number of hydrogen-bond acceptors (Lipinski definition) is 4. The van der Waals surface area contributed by atoms with Gasteiger partial charge in [-0.1, -0.05) is 12.1 Å². The number of rotatable bonds is 4. The quantitative estimate of drug-likeness (QED) is 0.846. The number of hydrogen-bond donors (Lipinski definition) is 1. The summed E-state index contributed by atoms with van der Waals surface area (Å²) in [6.45, 7) is 7.51. The highest BCUT2D eigenvalue weighted by Gasteiger charge is 2.52. The van der Waals surface area contributed by atoms with Crippen LogP contribution in [0.2, 0.25) is 0 Å². The van der Waals surface area contributed by atoms with E-state index in [1.165, 1.54) is 6.07 Å². The van der Waals surface area contributed by atoms with Crippen LogP contribution in [0.3, 0.4) is 0 Å². The first kappa shape index (κ1) is 18.8. The zero-order valence-corrected chi connectivity index (χ0v) is 15.2. The minimum Gasteiger partial charge on any atom is -0.455 e. The van der Waals surface area contributed by atoms with E-state index < -0.39 is 30.0 Å². The molecular weight excluding hydrogens is 341 g/mol. The molecule has 0 radical (unpaired) electrons. The molecule has 0 aromatic heterocycles. The first-order chi connectivity index (χ1) is 12.1. The smallest absolute Gasteiger partial charge is 0.455 e. The van der Waals surface area contributed by atoms with Gasteiger partial charge in [-0.25, -0.2) is 8.78 Å². The average Bonchev–Trinajstić information content (AvgIpc) is 2.78. The van der Waals surface area contributed by atoms with Crippen LogP contribution in [0.5, 0.6) is 11.5 Å². The minimum absolute atomic E-state index is 0.110. The zero-order valence-electron chi connectivity index (χ0n) is 15.2. The molecule has 0 unspecified atom stereocenters. The van der Waals surface area contributed by atoms with Gasteiger partial charge in [0.25, 0.3) is 0 Å². The Morgan fingerprint density at radius 3 is 2.15 bits per heavy atom. The van der Waals surface area contributed by atoms with Gasteiger partial charge >= 0.3 is 7.12 Å². The predicted octanol–water partition coefficient (Wildman–Crippen LogP) is 3.55. The van der Waals surface area contributed by atoms with E-state index in [1.807, 2.05) is 27.7 Å². The molecule has 1 aliphatic rings. The Kier molecular flexibility index (Phi) is 4.81. The zero-order chi connectivity index (χ0) is 19.1. The van der Waals surface area contributed by atoms with E-state index in [2.05, 4.69) is 0 Å². The molecule has 0 spiro atoms. The SMILES string of the molecule is CC1(C)OB(c2cc(CO)ccc2Oc2ccc(F)cc2F)OC1(C)C. The lowest BCUT2D eigenvalue weighted by Gasteiger charge is -2.32. The monoisotopic (exact) mass is 362 g/mol. The van der Waals surface area contributed by atoms with Crippen LogP contribution in [-0.2, 0) is 15.9 Å². The number of aliphatic hydroxyl groups is 1. The molecule has 1 fully saturated rings. The van der Waals surface area contributed by atoms with Crippen molar-refractivity contribution in [3.8, 4) is 11.5 Å². The molecule has 4 nitrogen and oxygen atoms in total. The lowest BCUT2D eigenvalue weighted by Crippen LogP contribution is -2.41. The van der Waals surface area contributed by atoms with Gasteiger partial charge in [0.05, 0.1) is 17.8 Å². The fraction of sp³-hybridized carbons (Fsp3) is 0.368. The van der Waals surface area contributed by atoms with Crippen molar-refractivity contribution in [2.75, 3.05) is 0 Å². The largest absolute Gasteiger partial charge is 0.498 e. The molecule has 2 aromatic carbocycles. The summed E-state index contributed by atoms with van der Waals surface area (Å²) in [5.74, 6) is -1.29. The van der Waals surface area contributed by atoms with Crippen molar-refractivity contribution in [2.24, 2.45) is 0 Å². The van der Waals surface area contributed by atoms with Crippen LogP contribution in [0, 0.1) is 11.6 Å². The van der Waals surface area contributed by atoms with E-state index in [1.54, 1.807) is 18.2 Å². The van der Waals surface area contributed by atoms with Crippen molar-refractivity contribution < 1.29 is 27.9 Å². The van der Waals surface area contributed by atoms with Crippen LogP contribution in [0.4, 0.5) is 8.78 Å². The molecule has 138 valence electrons. The molecule has 0 bridgehead atoms. The minimum atomic E-state index is -0.809. The second-order valence-electron chi connectivity index (χ2n) is 7.30. The van der Waals surface area contributed by atoms with Gasteiger partial charge in [-0.05, 0) is 51.5 Å². The maximum atomic E-state index is 14.0. The maximum Gasteiger partial charge on any atom is 0.498 e. The summed E-state index contributed by atoms with van der Waals surface area (Å²) in [7, 11) is -0.745. The van der Waals surface area contributed by atoms with Gasteiger partial charge in [-0.15, -0.1) is 0 Å². The fourth-order valence-electron chi connectivity index (χ4n) is 2.62. The van der Waals surface area contributed by atoms with Crippen molar-refractivity contribution in [1.82, 2.24) is 0 Å². The van der Waals surface area contributed by atoms with Gasteiger partial charge in [0.1, 0.15) is 11.6 Å². The average molecular weight is 362 g/mol. The van der Waals surface area contributed by atoms with Crippen molar-refractivity contribution in [2.45, 2.75) is 45.5 Å². The van der Waals surface area contributed by atoms with Gasteiger partial charge in [-0.3, -0.25) is 0 Å². The topological polar surface area (TPSA) is 47.9 Å². The summed E-state index contributed by atoms with van der Waals surface area (Å²) in [5, 5.41) is 9.44. The maximum absolute atomic E-state index is 14.0. The standard InChI is InChI=1S/C19H21BF2O4/c1-18(2)19(3,4)26-20(25-18)14-9-12(11-23)5-7-16(14)24-17-8-6-13(21)10-15(17)22/h5-10,23H,11H2,1-4H3. The van der Waals surface area contributed by atoms with Gasteiger partial charge in [0, 0.05) is 11.5 Å². The first-order valence-electron chi connectivity index (χ1n) is 8.35. The summed E-state index contributed by atoms with van der Waals surface area (Å²) in [6, 6.07) is 8.05. The van der Waals surface area contributed by atoms with Gasteiger partial charge in [0.15, 0.2) is 11.6 Å². The molecular formula is C19H21BF2O4. The van der Waals surface area contributed by atoms with E-state index in [0.717, 1.165) is 12.1 Å². The molecule has 0 aliphatic carbocycles. The van der Waals surface area contributed by atoms with Gasteiger partial charge in [0.2, 0.25) is 0 Å². The van der Waals surface area contributed by atoms with Crippen molar-refractivity contribution in [3.63, 3.8) is 0 Å². The van der Waals surface area contributed by atoms with E-state index in [0.29, 0.717) is 16.8 Å². The molecule has 1 saturated heterocycles. The molecule has 0 saturated carbocycles. The van der Waals surface area contributed by atoms with Crippen molar-refractivity contribution in [1.29, 1.82) is 0 Å². The van der Waals surface area contributed by atoms with E-state index >= 15 is 0 Å². The normalized spacial score (nSPS) is 18.2. The molecule has 1 N–H and O–H groups in total. The van der Waals surface area contributed by atoms with E-state index in [9.17, 15) is 13.9 Å². The third-order valence-corrected chi connectivity index (χ3v) is 4.88. The Hall–Kier alpha value is -1.96. The van der Waals surface area contributed by atoms with Crippen LogP contribution in [0.15, 0.2) is 36.4 Å². The number of aliphatic hydroxyl groups excluding tert-OH is 1. The highest BCUT2D eigenvalue weighted by Crippen LogP contribution is 2.37. The highest BCUT2D eigenvalue weighted by atomic mass is 19.1. The second-order valence-corrected chi connectivity index (χ2v) is 7.30. The summed E-state index contributed by atoms with van der Waals surface area (Å²) < 4.78 is 44.8. The Bertz CT molecular complexity index is 807. The van der Waals surface area contributed by atoms with E-state index in [4.69, 9.17) is 14.0 Å². The molecule has 0 amide bonds. The molecule has 1 heterocycles. The van der Waals surface area contributed by atoms with Crippen molar-refractivity contribution in [3.05, 3.63) is 53.6 Å². The molecule has 26 heavy (non-hydrogen) atoms. The molecule has 2 aromatic rings. The Morgan fingerprint density at radius 1 is 0.962 bits per heavy atom. The van der Waals surface area contributed by atoms with Gasteiger partial charge < -0.3 is 19.2 Å². The first-order valence-corrected chi connectivity index (χ1v) is 8.35. The summed E-state index contributed by atoms with van der Waals surface area (Å²) in [4.78, 5) is 0. The van der Waals surface area contributed by atoms with Crippen molar-refractivity contribution >= 4 is 12.6 Å². The van der Waals surface area contributed by atoms with Crippen LogP contribution < -0.4 is 10.2 Å². The summed E-state index contributed by atoms with van der Waals surface area (Å²) in [5.41, 5.74) is 0.0388. The summed E-state index contributed by atoms with van der Waals surface area (Å²) >= 11 is 0. The fourth-order valence-corrected chi connectivity index (χ4v) is 2.62. The Morgan fingerprint density at radius 2 is 1.58 bits per heavy atom. The highest BCUT2D eigenvalue weighted by molar-refractivity contribution is 6.63. The third-order valence-electron chi connectivity index (χ3n) is 4.88. The molecule has 1 aliphatic heterocycles. The van der Waals surface area contributed by atoms with Crippen LogP contribution in [0.1, 0.15) is 33.3 Å². The second kappa shape index (κ2) is 6.65. The third kappa shape index (κ3) is 3.47. The number of ether oxygens (including phenoxy) is 1. The Labute approximate surface area is 151 Å². The molecule has 3 rings (SSSR count). The Balaban J connectivity index is 1.99. The van der Waals surface area contributed by atoms with Crippen LogP contribution in [-0.4, -0.2) is 23.4 Å². The lowest BCUT2D eigenvalue weighted by molar-refractivity contribution is 0.00578. The van der Waals surface area contributed by atoms with Crippen LogP contribution in [0.25, 0.3) is 0 Å². The van der Waals surface area contributed by atoms with Gasteiger partial charge in [-0.2, -0.15) is 0 Å². The predicted molar refractivity (Wildman–Crippen MR) is 94.5 cm³/mol. The van der Waals surface area contributed by atoms with Crippen LogP contribution >= 0.6 is 0 Å². The lowest BCUT2D eigenvalue weighted by atomic mass is 9.77. The summed E-state index contributed by atoms with van der Waals surface area (Å²) in [6.07, 6.45) is 0. The number of benzene rings is 2. The molecule has 0 atom stereocenters. The van der Waals surface area contributed by atoms with E-state index in [-0.39, 0.29) is 12.4 Å².